The third kappa shape index (κ3) is 3.30. The number of rotatable bonds is 4. The summed E-state index contributed by atoms with van der Waals surface area (Å²) in [5.74, 6) is 0.835. The molecule has 0 unspecified atom stereocenters. The van der Waals surface area contributed by atoms with Crippen LogP contribution in [0.1, 0.15) is 17.7 Å². The molecule has 31 heavy (non-hydrogen) atoms. The van der Waals surface area contributed by atoms with Crippen LogP contribution >= 0.6 is 0 Å². The van der Waals surface area contributed by atoms with Gasteiger partial charge in [0, 0.05) is 60.7 Å². The van der Waals surface area contributed by atoms with E-state index in [1.165, 1.54) is 16.6 Å². The van der Waals surface area contributed by atoms with Gasteiger partial charge in [-0.25, -0.2) is 0 Å². The number of benzene rings is 2. The second-order valence-electron chi connectivity index (χ2n) is 8.08. The zero-order chi connectivity index (χ0) is 21.5. The number of H-pyrrole nitrogens is 1. The number of nitrogens with one attached hydrogen (secondary N) is 1. The standard InChI is InChI=1S/C24H25N3O4/c1-30-16-7-8-21(22(12-16)31-2)27-13-15(11-23(27)28)24(29)26-10-9-20-18(14-26)17-5-3-4-6-19(17)25-20/h3-8,12,15,25H,9-11,13-14H2,1-2H3/t15-/m0/s1. The van der Waals surface area contributed by atoms with E-state index < -0.39 is 0 Å². The Hall–Kier alpha value is -3.48. The number of methoxy groups -OCH3 is 2. The summed E-state index contributed by atoms with van der Waals surface area (Å²) in [6.45, 7) is 1.60. The molecule has 5 rings (SSSR count). The maximum Gasteiger partial charge on any atom is 0.228 e. The fraction of sp³-hybridized carbons (Fsp3) is 0.333. The molecule has 1 fully saturated rings. The molecule has 0 saturated carbocycles. The van der Waals surface area contributed by atoms with E-state index in [0.717, 1.165) is 11.9 Å². The predicted molar refractivity (Wildman–Crippen MR) is 117 cm³/mol. The molecule has 3 aromatic rings. The lowest BCUT2D eigenvalue weighted by atomic mass is 10.0. The van der Waals surface area contributed by atoms with Gasteiger partial charge >= 0.3 is 0 Å². The molecule has 1 atom stereocenters. The van der Waals surface area contributed by atoms with Crippen LogP contribution in [0, 0.1) is 5.92 Å². The molecule has 0 bridgehead atoms. The summed E-state index contributed by atoms with van der Waals surface area (Å²) in [6, 6.07) is 13.5. The van der Waals surface area contributed by atoms with E-state index in [9.17, 15) is 9.59 Å². The summed E-state index contributed by atoms with van der Waals surface area (Å²) in [5, 5.41) is 1.17. The maximum atomic E-state index is 13.3. The summed E-state index contributed by atoms with van der Waals surface area (Å²) in [5.41, 5.74) is 4.17. The quantitative estimate of drug-likeness (QED) is 0.705. The second kappa shape index (κ2) is 7.65. The number of nitrogens with zero attached hydrogens (tertiary/aromatic N) is 2. The number of carbonyl (C=O) groups is 2. The van der Waals surface area contributed by atoms with Crippen LogP contribution in [0.4, 0.5) is 5.69 Å². The minimum atomic E-state index is -0.355. The molecule has 7 nitrogen and oxygen atoms in total. The molecule has 2 aliphatic rings. The molecule has 2 amide bonds. The molecule has 160 valence electrons. The molecule has 2 aliphatic heterocycles. The van der Waals surface area contributed by atoms with Crippen LogP contribution in [0.15, 0.2) is 42.5 Å². The number of anilines is 1. The van der Waals surface area contributed by atoms with Crippen molar-refractivity contribution in [1.82, 2.24) is 9.88 Å². The molecule has 0 spiro atoms. The average molecular weight is 419 g/mol. The highest BCUT2D eigenvalue weighted by Gasteiger charge is 2.39. The van der Waals surface area contributed by atoms with E-state index in [0.29, 0.717) is 36.8 Å². The number of carbonyl (C=O) groups excluding carboxylic acids is 2. The monoisotopic (exact) mass is 419 g/mol. The Labute approximate surface area is 180 Å². The van der Waals surface area contributed by atoms with Crippen molar-refractivity contribution in [3.05, 3.63) is 53.7 Å². The van der Waals surface area contributed by atoms with Crippen molar-refractivity contribution >= 4 is 28.4 Å². The number of amides is 2. The minimum Gasteiger partial charge on any atom is -0.497 e. The first-order valence-corrected chi connectivity index (χ1v) is 10.5. The Morgan fingerprint density at radius 3 is 2.77 bits per heavy atom. The Morgan fingerprint density at radius 2 is 1.97 bits per heavy atom. The summed E-state index contributed by atoms with van der Waals surface area (Å²) in [6.07, 6.45) is 1.01. The maximum absolute atomic E-state index is 13.3. The third-order valence-electron chi connectivity index (χ3n) is 6.35. The van der Waals surface area contributed by atoms with E-state index >= 15 is 0 Å². The third-order valence-corrected chi connectivity index (χ3v) is 6.35. The van der Waals surface area contributed by atoms with Gasteiger partial charge in [-0.05, 0) is 18.2 Å². The van der Waals surface area contributed by atoms with E-state index in [1.807, 2.05) is 23.1 Å². The highest BCUT2D eigenvalue weighted by molar-refractivity contribution is 6.01. The first-order valence-electron chi connectivity index (χ1n) is 10.5. The fourth-order valence-electron chi connectivity index (χ4n) is 4.73. The molecule has 3 heterocycles. The number of hydrogen-bond donors (Lipinski definition) is 1. The minimum absolute atomic E-state index is 0.0410. The lowest BCUT2D eigenvalue weighted by Gasteiger charge is -2.29. The van der Waals surface area contributed by atoms with Gasteiger partial charge in [-0.3, -0.25) is 9.59 Å². The topological polar surface area (TPSA) is 74.9 Å². The highest BCUT2D eigenvalue weighted by atomic mass is 16.5. The van der Waals surface area contributed by atoms with Gasteiger partial charge in [-0.15, -0.1) is 0 Å². The lowest BCUT2D eigenvalue weighted by molar-refractivity contribution is -0.136. The predicted octanol–water partition coefficient (Wildman–Crippen LogP) is 3.12. The zero-order valence-electron chi connectivity index (χ0n) is 17.7. The zero-order valence-corrected chi connectivity index (χ0v) is 17.7. The van der Waals surface area contributed by atoms with Crippen molar-refractivity contribution in [2.45, 2.75) is 19.4 Å². The smallest absolute Gasteiger partial charge is 0.228 e. The first kappa shape index (κ1) is 19.5. The van der Waals surface area contributed by atoms with Gasteiger partial charge in [-0.1, -0.05) is 18.2 Å². The fourth-order valence-corrected chi connectivity index (χ4v) is 4.73. The largest absolute Gasteiger partial charge is 0.497 e. The van der Waals surface area contributed by atoms with Crippen LogP contribution in [0.25, 0.3) is 10.9 Å². The Kier molecular flexibility index (Phi) is 4.81. The normalized spacial score (nSPS) is 18.4. The van der Waals surface area contributed by atoms with Gasteiger partial charge < -0.3 is 24.3 Å². The summed E-state index contributed by atoms with van der Waals surface area (Å²) < 4.78 is 10.7. The number of ether oxygens (including phenoxy) is 2. The van der Waals surface area contributed by atoms with Gasteiger partial charge in [-0.2, -0.15) is 0 Å². The Balaban J connectivity index is 1.35. The number of fused-ring (bicyclic) bond motifs is 3. The van der Waals surface area contributed by atoms with E-state index in [2.05, 4.69) is 17.1 Å². The number of aromatic nitrogens is 1. The van der Waals surface area contributed by atoms with Crippen molar-refractivity contribution in [3.8, 4) is 11.5 Å². The summed E-state index contributed by atoms with van der Waals surface area (Å²) in [4.78, 5) is 33.2. The van der Waals surface area contributed by atoms with Crippen LogP contribution in [-0.4, -0.2) is 49.0 Å². The van der Waals surface area contributed by atoms with Crippen LogP contribution in [0.3, 0.4) is 0 Å². The van der Waals surface area contributed by atoms with E-state index in [4.69, 9.17) is 9.47 Å². The van der Waals surface area contributed by atoms with Crippen molar-refractivity contribution in [2.75, 3.05) is 32.2 Å². The van der Waals surface area contributed by atoms with E-state index in [1.54, 1.807) is 31.3 Å². The van der Waals surface area contributed by atoms with Crippen molar-refractivity contribution < 1.29 is 19.1 Å². The molecule has 1 aromatic heterocycles. The van der Waals surface area contributed by atoms with Gasteiger partial charge in [0.25, 0.3) is 0 Å². The molecule has 1 N–H and O–H groups in total. The van der Waals surface area contributed by atoms with Crippen LogP contribution in [0.2, 0.25) is 0 Å². The lowest BCUT2D eigenvalue weighted by Crippen LogP contribution is -2.40. The average Bonchev–Trinajstić information content (AvgIpc) is 3.38. The molecule has 2 aromatic carbocycles. The Morgan fingerprint density at radius 1 is 1.13 bits per heavy atom. The molecular weight excluding hydrogens is 394 g/mol. The van der Waals surface area contributed by atoms with Crippen molar-refractivity contribution in [3.63, 3.8) is 0 Å². The SMILES string of the molecule is COc1ccc(N2C[C@@H](C(=O)N3CCc4[nH]c5ccccc5c4C3)CC2=O)c(OC)c1. The summed E-state index contributed by atoms with van der Waals surface area (Å²) >= 11 is 0. The molecule has 0 radical (unpaired) electrons. The molecule has 0 aliphatic carbocycles. The van der Waals surface area contributed by atoms with Gasteiger partial charge in [0.05, 0.1) is 25.8 Å². The van der Waals surface area contributed by atoms with Crippen LogP contribution in [-0.2, 0) is 22.6 Å². The second-order valence-corrected chi connectivity index (χ2v) is 8.08. The van der Waals surface area contributed by atoms with E-state index in [-0.39, 0.29) is 24.2 Å². The summed E-state index contributed by atoms with van der Waals surface area (Å²) in [7, 11) is 3.15. The number of para-hydroxylation sites is 1. The number of hydrogen-bond acceptors (Lipinski definition) is 4. The molecule has 7 heteroatoms. The van der Waals surface area contributed by atoms with Crippen molar-refractivity contribution in [2.24, 2.45) is 5.92 Å². The van der Waals surface area contributed by atoms with Crippen LogP contribution in [0.5, 0.6) is 11.5 Å². The van der Waals surface area contributed by atoms with Gasteiger partial charge in [0.1, 0.15) is 11.5 Å². The van der Waals surface area contributed by atoms with Gasteiger partial charge in [0.15, 0.2) is 0 Å². The Bertz CT molecular complexity index is 1170. The number of aromatic amines is 1. The molecular formula is C24H25N3O4. The van der Waals surface area contributed by atoms with Crippen molar-refractivity contribution in [1.29, 1.82) is 0 Å². The first-order chi connectivity index (χ1) is 15.1. The van der Waals surface area contributed by atoms with Crippen LogP contribution < -0.4 is 14.4 Å². The highest BCUT2D eigenvalue weighted by Crippen LogP contribution is 2.37. The molecule has 1 saturated heterocycles. The van der Waals surface area contributed by atoms with Gasteiger partial charge in [0.2, 0.25) is 11.8 Å².